The monoisotopic (exact) mass is 522 g/mol. The molecule has 2 aromatic rings. The molecule has 0 aliphatic carbocycles. The van der Waals surface area contributed by atoms with Crippen molar-refractivity contribution >= 4 is 35.8 Å². The highest BCUT2D eigenvalue weighted by molar-refractivity contribution is 14.0. The zero-order chi connectivity index (χ0) is 20.6. The number of nitrogens with zero attached hydrogens (tertiary/aromatic N) is 3. The first-order valence-electron chi connectivity index (χ1n) is 9.99. The van der Waals surface area contributed by atoms with Crippen molar-refractivity contribution in [2.24, 2.45) is 4.99 Å². The number of rotatable bonds is 7. The maximum atomic E-state index is 11.9. The van der Waals surface area contributed by atoms with Crippen LogP contribution in [-0.2, 0) is 24.4 Å². The Hall–Kier alpha value is -2.29. The van der Waals surface area contributed by atoms with Gasteiger partial charge in [-0.05, 0) is 35.2 Å². The van der Waals surface area contributed by atoms with E-state index in [9.17, 15) is 4.79 Å². The molecule has 2 aromatic carbocycles. The molecule has 1 aliphatic heterocycles. The van der Waals surface area contributed by atoms with E-state index in [0.29, 0.717) is 19.5 Å². The molecular formula is C23H31IN4O2. The predicted molar refractivity (Wildman–Crippen MR) is 131 cm³/mol. The molecule has 0 radical (unpaired) electrons. The second-order valence-corrected chi connectivity index (χ2v) is 7.34. The van der Waals surface area contributed by atoms with Crippen LogP contribution < -0.4 is 10.1 Å². The fraction of sp³-hybridized carbons (Fsp3) is 0.391. The summed E-state index contributed by atoms with van der Waals surface area (Å²) in [4.78, 5) is 20.3. The van der Waals surface area contributed by atoms with Crippen molar-refractivity contribution in [2.45, 2.75) is 32.5 Å². The second-order valence-electron chi connectivity index (χ2n) is 7.34. The van der Waals surface area contributed by atoms with Gasteiger partial charge in [-0.15, -0.1) is 24.0 Å². The van der Waals surface area contributed by atoms with Crippen LogP contribution in [0, 0.1) is 0 Å². The van der Waals surface area contributed by atoms with Gasteiger partial charge in [-0.3, -0.25) is 9.79 Å². The minimum atomic E-state index is 0. The molecule has 1 fully saturated rings. The standard InChI is InChI=1S/C23H30N4O2.HI/c1-24-23(26(2)16-18-9-11-21(29-3)12-10-18)25-15-19-6-4-7-20(14-19)17-27-13-5-8-22(27)28;/h4,6-7,9-12,14H,5,8,13,15-17H2,1-3H3,(H,24,25);1H. The number of aliphatic imine (C=N–C) groups is 1. The fourth-order valence-corrected chi connectivity index (χ4v) is 3.58. The molecule has 0 saturated carbocycles. The normalized spacial score (nSPS) is 13.8. The molecule has 0 unspecified atom stereocenters. The highest BCUT2D eigenvalue weighted by atomic mass is 127. The molecule has 1 aliphatic rings. The Morgan fingerprint density at radius 3 is 2.53 bits per heavy atom. The molecule has 0 spiro atoms. The zero-order valence-corrected chi connectivity index (χ0v) is 20.3. The minimum Gasteiger partial charge on any atom is -0.497 e. The van der Waals surface area contributed by atoms with Crippen molar-refractivity contribution in [1.29, 1.82) is 0 Å². The van der Waals surface area contributed by atoms with Crippen LogP contribution in [-0.4, -0.2) is 49.4 Å². The third-order valence-corrected chi connectivity index (χ3v) is 5.14. The largest absolute Gasteiger partial charge is 0.497 e. The van der Waals surface area contributed by atoms with Crippen molar-refractivity contribution in [3.05, 3.63) is 65.2 Å². The first kappa shape index (κ1) is 24.0. The molecule has 1 N–H and O–H groups in total. The summed E-state index contributed by atoms with van der Waals surface area (Å²) < 4.78 is 5.22. The van der Waals surface area contributed by atoms with Crippen molar-refractivity contribution in [1.82, 2.24) is 15.1 Å². The van der Waals surface area contributed by atoms with E-state index < -0.39 is 0 Å². The fourth-order valence-electron chi connectivity index (χ4n) is 3.58. The maximum absolute atomic E-state index is 11.9. The number of guanidine groups is 1. The van der Waals surface area contributed by atoms with Gasteiger partial charge in [-0.1, -0.05) is 36.4 Å². The predicted octanol–water partition coefficient (Wildman–Crippen LogP) is 3.64. The van der Waals surface area contributed by atoms with Gasteiger partial charge in [-0.2, -0.15) is 0 Å². The van der Waals surface area contributed by atoms with Gasteiger partial charge < -0.3 is 19.9 Å². The number of hydrogen-bond acceptors (Lipinski definition) is 3. The van der Waals surface area contributed by atoms with Crippen molar-refractivity contribution in [3.8, 4) is 5.75 Å². The summed E-state index contributed by atoms with van der Waals surface area (Å²) in [5.74, 6) is 1.95. The van der Waals surface area contributed by atoms with Gasteiger partial charge in [0.25, 0.3) is 0 Å². The molecule has 162 valence electrons. The Kier molecular flexibility index (Phi) is 9.42. The number of carbonyl (C=O) groups excluding carboxylic acids is 1. The van der Waals surface area contributed by atoms with Crippen molar-refractivity contribution < 1.29 is 9.53 Å². The van der Waals surface area contributed by atoms with Crippen molar-refractivity contribution in [3.63, 3.8) is 0 Å². The number of ether oxygens (including phenoxy) is 1. The van der Waals surface area contributed by atoms with E-state index in [2.05, 4.69) is 51.6 Å². The number of hydrogen-bond donors (Lipinski definition) is 1. The van der Waals surface area contributed by atoms with Gasteiger partial charge in [0, 0.05) is 46.7 Å². The van der Waals surface area contributed by atoms with Crippen molar-refractivity contribution in [2.75, 3.05) is 27.7 Å². The third kappa shape index (κ3) is 6.62. The van der Waals surface area contributed by atoms with Gasteiger partial charge in [0.1, 0.15) is 5.75 Å². The maximum Gasteiger partial charge on any atom is 0.222 e. The molecule has 1 heterocycles. The number of methoxy groups -OCH3 is 1. The number of nitrogens with one attached hydrogen (secondary N) is 1. The summed E-state index contributed by atoms with van der Waals surface area (Å²) in [5, 5.41) is 3.43. The highest BCUT2D eigenvalue weighted by Gasteiger charge is 2.19. The molecule has 1 amide bonds. The van der Waals surface area contributed by atoms with Crippen LogP contribution in [0.4, 0.5) is 0 Å². The lowest BCUT2D eigenvalue weighted by Crippen LogP contribution is -2.38. The summed E-state index contributed by atoms with van der Waals surface area (Å²) in [7, 11) is 5.49. The highest BCUT2D eigenvalue weighted by Crippen LogP contribution is 2.16. The molecule has 0 bridgehead atoms. The zero-order valence-electron chi connectivity index (χ0n) is 17.9. The average molecular weight is 522 g/mol. The van der Waals surface area contributed by atoms with E-state index in [1.54, 1.807) is 14.2 Å². The summed E-state index contributed by atoms with van der Waals surface area (Å²) in [6.07, 6.45) is 1.65. The number of carbonyl (C=O) groups is 1. The number of halogens is 1. The molecule has 6 nitrogen and oxygen atoms in total. The van der Waals surface area contributed by atoms with E-state index in [1.165, 1.54) is 16.7 Å². The van der Waals surface area contributed by atoms with Crippen LogP contribution in [0.25, 0.3) is 0 Å². The Labute approximate surface area is 196 Å². The number of likely N-dealkylation sites (tertiary alicyclic amines) is 1. The van der Waals surface area contributed by atoms with E-state index in [4.69, 9.17) is 4.74 Å². The van der Waals surface area contributed by atoms with Crippen LogP contribution in [0.1, 0.15) is 29.5 Å². The Morgan fingerprint density at radius 1 is 1.17 bits per heavy atom. The summed E-state index contributed by atoms with van der Waals surface area (Å²) in [6.45, 7) is 2.99. The first-order chi connectivity index (χ1) is 14.1. The van der Waals surface area contributed by atoms with Gasteiger partial charge in [0.15, 0.2) is 5.96 Å². The van der Waals surface area contributed by atoms with Crippen LogP contribution in [0.15, 0.2) is 53.5 Å². The second kappa shape index (κ2) is 11.8. The van der Waals surface area contributed by atoms with E-state index in [0.717, 1.165) is 31.2 Å². The number of amides is 1. The Balaban J connectivity index is 0.00000320. The third-order valence-electron chi connectivity index (χ3n) is 5.14. The SMILES string of the molecule is CN=C(NCc1cccc(CN2CCCC2=O)c1)N(C)Cc1ccc(OC)cc1.I. The smallest absolute Gasteiger partial charge is 0.222 e. The minimum absolute atomic E-state index is 0. The number of benzene rings is 2. The lowest BCUT2D eigenvalue weighted by atomic mass is 10.1. The van der Waals surface area contributed by atoms with E-state index >= 15 is 0 Å². The quantitative estimate of drug-likeness (QED) is 0.343. The molecule has 0 aromatic heterocycles. The van der Waals surface area contributed by atoms with Gasteiger partial charge in [0.2, 0.25) is 5.91 Å². The average Bonchev–Trinajstić information content (AvgIpc) is 3.14. The Morgan fingerprint density at radius 2 is 1.90 bits per heavy atom. The van der Waals surface area contributed by atoms with Crippen LogP contribution >= 0.6 is 24.0 Å². The molecule has 7 heteroatoms. The van der Waals surface area contributed by atoms with Crippen LogP contribution in [0.3, 0.4) is 0 Å². The van der Waals surface area contributed by atoms with Gasteiger partial charge >= 0.3 is 0 Å². The lowest BCUT2D eigenvalue weighted by molar-refractivity contribution is -0.128. The van der Waals surface area contributed by atoms with Crippen LogP contribution in [0.2, 0.25) is 0 Å². The summed E-state index contributed by atoms with van der Waals surface area (Å²) in [6, 6.07) is 16.5. The summed E-state index contributed by atoms with van der Waals surface area (Å²) >= 11 is 0. The Bertz CT molecular complexity index is 855. The topological polar surface area (TPSA) is 57.2 Å². The molecule has 0 atom stereocenters. The molecule has 3 rings (SSSR count). The van der Waals surface area contributed by atoms with E-state index in [-0.39, 0.29) is 29.9 Å². The molecule has 1 saturated heterocycles. The van der Waals surface area contributed by atoms with Gasteiger partial charge in [0.05, 0.1) is 7.11 Å². The lowest BCUT2D eigenvalue weighted by Gasteiger charge is -2.22. The van der Waals surface area contributed by atoms with Gasteiger partial charge in [-0.25, -0.2) is 0 Å². The molecule has 30 heavy (non-hydrogen) atoms. The summed E-state index contributed by atoms with van der Waals surface area (Å²) in [5.41, 5.74) is 3.53. The van der Waals surface area contributed by atoms with E-state index in [1.807, 2.05) is 24.1 Å². The first-order valence-corrected chi connectivity index (χ1v) is 9.99. The molecular weight excluding hydrogens is 491 g/mol. The van der Waals surface area contributed by atoms with Crippen LogP contribution in [0.5, 0.6) is 5.75 Å².